The minimum absolute atomic E-state index is 0.495. The molecule has 108 valence electrons. The SMILES string of the molecule is CC(C)c1c(CNC2CC2)oc2c(C(C)C)cccc12. The Morgan fingerprint density at radius 3 is 2.50 bits per heavy atom. The number of hydrogen-bond acceptors (Lipinski definition) is 2. The maximum absolute atomic E-state index is 6.27. The average Bonchev–Trinajstić information content (AvgIpc) is 3.14. The van der Waals surface area contributed by atoms with Gasteiger partial charge in [-0.3, -0.25) is 0 Å². The average molecular weight is 271 g/mol. The predicted octanol–water partition coefficient (Wildman–Crippen LogP) is 4.93. The van der Waals surface area contributed by atoms with Crippen molar-refractivity contribution in [3.63, 3.8) is 0 Å². The third-order valence-corrected chi connectivity index (χ3v) is 4.19. The highest BCUT2D eigenvalue weighted by Crippen LogP contribution is 2.36. The molecule has 0 radical (unpaired) electrons. The highest BCUT2D eigenvalue weighted by molar-refractivity contribution is 5.86. The van der Waals surface area contributed by atoms with Gasteiger partial charge < -0.3 is 9.73 Å². The van der Waals surface area contributed by atoms with E-state index in [0.29, 0.717) is 17.9 Å². The fraction of sp³-hybridized carbons (Fsp3) is 0.556. The van der Waals surface area contributed by atoms with Crippen molar-refractivity contribution >= 4 is 11.0 Å². The lowest BCUT2D eigenvalue weighted by Crippen LogP contribution is -2.15. The second-order valence-electron chi connectivity index (χ2n) is 6.63. The Labute approximate surface area is 121 Å². The predicted molar refractivity (Wildman–Crippen MR) is 84.3 cm³/mol. The van der Waals surface area contributed by atoms with Crippen molar-refractivity contribution in [2.45, 2.75) is 65.0 Å². The Kier molecular flexibility index (Phi) is 3.59. The first-order valence-corrected chi connectivity index (χ1v) is 7.85. The van der Waals surface area contributed by atoms with Crippen molar-refractivity contribution in [1.82, 2.24) is 5.32 Å². The van der Waals surface area contributed by atoms with Crippen LogP contribution in [0.1, 0.15) is 69.3 Å². The van der Waals surface area contributed by atoms with E-state index >= 15 is 0 Å². The van der Waals surface area contributed by atoms with Crippen LogP contribution in [0, 0.1) is 0 Å². The molecule has 1 aromatic heterocycles. The van der Waals surface area contributed by atoms with E-state index in [-0.39, 0.29) is 0 Å². The fourth-order valence-electron chi connectivity index (χ4n) is 2.95. The largest absolute Gasteiger partial charge is 0.459 e. The molecule has 0 spiro atoms. The summed E-state index contributed by atoms with van der Waals surface area (Å²) < 4.78 is 6.27. The van der Waals surface area contributed by atoms with Crippen LogP contribution in [-0.4, -0.2) is 6.04 Å². The summed E-state index contributed by atoms with van der Waals surface area (Å²) in [6.07, 6.45) is 2.63. The Morgan fingerprint density at radius 1 is 1.15 bits per heavy atom. The van der Waals surface area contributed by atoms with Crippen LogP contribution < -0.4 is 5.32 Å². The quantitative estimate of drug-likeness (QED) is 0.834. The molecule has 2 heteroatoms. The number of furan rings is 1. The van der Waals surface area contributed by atoms with Gasteiger partial charge in [-0.1, -0.05) is 45.9 Å². The number of rotatable bonds is 5. The van der Waals surface area contributed by atoms with Crippen molar-refractivity contribution in [2.24, 2.45) is 0 Å². The summed E-state index contributed by atoms with van der Waals surface area (Å²) in [5.74, 6) is 2.12. The van der Waals surface area contributed by atoms with Crippen LogP contribution in [0.4, 0.5) is 0 Å². The van der Waals surface area contributed by atoms with Gasteiger partial charge in [-0.25, -0.2) is 0 Å². The van der Waals surface area contributed by atoms with Gasteiger partial charge in [0.2, 0.25) is 0 Å². The molecule has 0 unspecified atom stereocenters. The summed E-state index contributed by atoms with van der Waals surface area (Å²) in [5.41, 5.74) is 3.80. The van der Waals surface area contributed by atoms with Gasteiger partial charge in [-0.15, -0.1) is 0 Å². The number of benzene rings is 1. The molecule has 1 heterocycles. The number of para-hydroxylation sites is 1. The first kappa shape index (κ1) is 13.7. The van der Waals surface area contributed by atoms with E-state index in [9.17, 15) is 0 Å². The molecule has 1 N–H and O–H groups in total. The monoisotopic (exact) mass is 271 g/mol. The molecule has 0 amide bonds. The third kappa shape index (κ3) is 2.49. The highest BCUT2D eigenvalue weighted by Gasteiger charge is 2.24. The zero-order valence-corrected chi connectivity index (χ0v) is 13.0. The van der Waals surface area contributed by atoms with Crippen LogP contribution in [0.2, 0.25) is 0 Å². The van der Waals surface area contributed by atoms with Crippen LogP contribution >= 0.6 is 0 Å². The maximum atomic E-state index is 6.27. The second-order valence-corrected chi connectivity index (χ2v) is 6.63. The molecule has 2 nitrogen and oxygen atoms in total. The number of fused-ring (bicyclic) bond motifs is 1. The summed E-state index contributed by atoms with van der Waals surface area (Å²) in [5, 5.41) is 4.89. The van der Waals surface area contributed by atoms with Crippen LogP contribution in [0.3, 0.4) is 0 Å². The zero-order valence-electron chi connectivity index (χ0n) is 13.0. The Balaban J connectivity index is 2.07. The van der Waals surface area contributed by atoms with Crippen LogP contribution in [0.15, 0.2) is 22.6 Å². The standard InChI is InChI=1S/C18H25NO/c1-11(2)14-6-5-7-15-17(12(3)4)16(20-18(14)15)10-19-13-8-9-13/h5-7,11-13,19H,8-10H2,1-4H3. The van der Waals surface area contributed by atoms with Crippen molar-refractivity contribution < 1.29 is 4.42 Å². The molecule has 0 bridgehead atoms. The van der Waals surface area contributed by atoms with Crippen molar-refractivity contribution in [3.05, 3.63) is 35.1 Å². The zero-order chi connectivity index (χ0) is 14.3. The molecule has 1 aliphatic rings. The summed E-state index contributed by atoms with van der Waals surface area (Å²) in [6.45, 7) is 9.84. The summed E-state index contributed by atoms with van der Waals surface area (Å²) in [7, 11) is 0. The van der Waals surface area contributed by atoms with Crippen molar-refractivity contribution in [1.29, 1.82) is 0 Å². The molecule has 1 fully saturated rings. The minimum Gasteiger partial charge on any atom is -0.459 e. The van der Waals surface area contributed by atoms with Gasteiger partial charge in [0, 0.05) is 17.0 Å². The van der Waals surface area contributed by atoms with Crippen molar-refractivity contribution in [2.75, 3.05) is 0 Å². The van der Waals surface area contributed by atoms with Gasteiger partial charge in [0.05, 0.1) is 6.54 Å². The number of hydrogen-bond donors (Lipinski definition) is 1. The van der Waals surface area contributed by atoms with Crippen molar-refractivity contribution in [3.8, 4) is 0 Å². The van der Waals surface area contributed by atoms with E-state index in [1.807, 2.05) is 0 Å². The smallest absolute Gasteiger partial charge is 0.138 e. The molecule has 0 saturated heterocycles. The molecule has 20 heavy (non-hydrogen) atoms. The van der Waals surface area contributed by atoms with Gasteiger partial charge in [0.25, 0.3) is 0 Å². The topological polar surface area (TPSA) is 25.2 Å². The third-order valence-electron chi connectivity index (χ3n) is 4.19. The molecule has 1 aliphatic carbocycles. The van der Waals surface area contributed by atoms with Gasteiger partial charge in [-0.2, -0.15) is 0 Å². The van der Waals surface area contributed by atoms with Crippen LogP contribution in [-0.2, 0) is 6.54 Å². The molecule has 1 aromatic carbocycles. The highest BCUT2D eigenvalue weighted by atomic mass is 16.3. The lowest BCUT2D eigenvalue weighted by Gasteiger charge is -2.07. The Hall–Kier alpha value is -1.28. The lowest BCUT2D eigenvalue weighted by molar-refractivity contribution is 0.500. The van der Waals surface area contributed by atoms with E-state index in [4.69, 9.17) is 4.42 Å². The lowest BCUT2D eigenvalue weighted by atomic mass is 9.95. The van der Waals surface area contributed by atoms with Crippen LogP contribution in [0.25, 0.3) is 11.0 Å². The molecule has 3 rings (SSSR count). The summed E-state index contributed by atoms with van der Waals surface area (Å²) >= 11 is 0. The molecule has 0 aliphatic heterocycles. The summed E-state index contributed by atoms with van der Waals surface area (Å²) in [6, 6.07) is 7.28. The van der Waals surface area contributed by atoms with Gasteiger partial charge in [0.1, 0.15) is 11.3 Å². The summed E-state index contributed by atoms with van der Waals surface area (Å²) in [4.78, 5) is 0. The normalized spacial score (nSPS) is 15.7. The minimum atomic E-state index is 0.495. The van der Waals surface area contributed by atoms with Gasteiger partial charge >= 0.3 is 0 Å². The molecular formula is C18H25NO. The molecule has 2 aromatic rings. The van der Waals surface area contributed by atoms with Crippen LogP contribution in [0.5, 0.6) is 0 Å². The molecular weight excluding hydrogens is 246 g/mol. The first-order chi connectivity index (χ1) is 9.58. The van der Waals surface area contributed by atoms with E-state index in [1.54, 1.807) is 0 Å². The second kappa shape index (κ2) is 5.25. The first-order valence-electron chi connectivity index (χ1n) is 7.85. The molecule has 1 saturated carbocycles. The van der Waals surface area contributed by atoms with E-state index < -0.39 is 0 Å². The number of nitrogens with one attached hydrogen (secondary N) is 1. The molecule has 0 atom stereocenters. The van der Waals surface area contributed by atoms with E-state index in [1.165, 1.54) is 29.4 Å². The fourth-order valence-corrected chi connectivity index (χ4v) is 2.95. The maximum Gasteiger partial charge on any atom is 0.138 e. The van der Waals surface area contributed by atoms with Gasteiger partial charge in [-0.05, 0) is 30.2 Å². The Morgan fingerprint density at radius 2 is 1.90 bits per heavy atom. The van der Waals surface area contributed by atoms with Gasteiger partial charge in [0.15, 0.2) is 0 Å². The Bertz CT molecular complexity index is 605. The van der Waals surface area contributed by atoms with E-state index in [2.05, 4.69) is 51.2 Å². The van der Waals surface area contributed by atoms with E-state index in [0.717, 1.165) is 17.9 Å².